The van der Waals surface area contributed by atoms with E-state index >= 15 is 0 Å². The summed E-state index contributed by atoms with van der Waals surface area (Å²) in [5.74, 6) is -0.132. The summed E-state index contributed by atoms with van der Waals surface area (Å²) in [5.41, 5.74) is 0.290. The number of nitrogens with zero attached hydrogens (tertiary/aromatic N) is 1. The second kappa shape index (κ2) is 5.33. The third-order valence-electron chi connectivity index (χ3n) is 2.29. The van der Waals surface area contributed by atoms with Gasteiger partial charge in [-0.3, -0.25) is 4.79 Å². The van der Waals surface area contributed by atoms with E-state index in [-0.39, 0.29) is 5.91 Å². The number of hydrogen-bond donors (Lipinski definition) is 1. The minimum atomic E-state index is -0.602. The van der Waals surface area contributed by atoms with Gasteiger partial charge in [0.1, 0.15) is 6.04 Å². The Morgan fingerprint density at radius 1 is 1.35 bits per heavy atom. The maximum Gasteiger partial charge on any atom is 0.226 e. The number of halogens is 1. The quantitative estimate of drug-likeness (QED) is 0.911. The summed E-state index contributed by atoms with van der Waals surface area (Å²) in [6.07, 6.45) is 0. The van der Waals surface area contributed by atoms with Gasteiger partial charge in [0.05, 0.1) is 6.07 Å². The van der Waals surface area contributed by atoms with Crippen molar-refractivity contribution in [3.63, 3.8) is 0 Å². The lowest BCUT2D eigenvalue weighted by Gasteiger charge is -2.20. The van der Waals surface area contributed by atoms with Crippen molar-refractivity contribution < 1.29 is 4.79 Å². The fraction of sp³-hybridized carbons (Fsp3) is 0.385. The zero-order chi connectivity index (χ0) is 13.1. The van der Waals surface area contributed by atoms with Crippen LogP contribution >= 0.6 is 15.9 Å². The molecule has 0 saturated carbocycles. The Hall–Kier alpha value is -1.34. The van der Waals surface area contributed by atoms with Crippen molar-refractivity contribution in [1.29, 1.82) is 5.26 Å². The van der Waals surface area contributed by atoms with Gasteiger partial charge < -0.3 is 5.32 Å². The summed E-state index contributed by atoms with van der Waals surface area (Å²) < 4.78 is 0.945. The minimum Gasteiger partial charge on any atom is -0.336 e. The molecule has 0 aliphatic rings. The molecule has 0 saturated heterocycles. The monoisotopic (exact) mass is 294 g/mol. The summed E-state index contributed by atoms with van der Waals surface area (Å²) in [4.78, 5) is 11.8. The molecule has 0 heterocycles. The summed E-state index contributed by atoms with van der Waals surface area (Å²) >= 11 is 3.33. The first-order valence-electron chi connectivity index (χ1n) is 5.30. The van der Waals surface area contributed by atoms with Crippen LogP contribution in [-0.2, 0) is 4.79 Å². The van der Waals surface area contributed by atoms with E-state index in [4.69, 9.17) is 5.26 Å². The molecular formula is C13H15BrN2O. The lowest BCUT2D eigenvalue weighted by molar-refractivity contribution is -0.128. The molecule has 3 nitrogen and oxygen atoms in total. The number of rotatable bonds is 2. The number of benzene rings is 1. The van der Waals surface area contributed by atoms with Gasteiger partial charge in [-0.25, -0.2) is 0 Å². The van der Waals surface area contributed by atoms with Crippen LogP contribution in [0.1, 0.15) is 32.4 Å². The number of nitrogens with one attached hydrogen (secondary N) is 1. The second-order valence-corrected chi connectivity index (χ2v) is 5.75. The van der Waals surface area contributed by atoms with Crippen LogP contribution < -0.4 is 5.32 Å². The van der Waals surface area contributed by atoms with Crippen LogP contribution in [0.15, 0.2) is 28.7 Å². The fourth-order valence-electron chi connectivity index (χ4n) is 1.19. The molecular weight excluding hydrogens is 280 g/mol. The summed E-state index contributed by atoms with van der Waals surface area (Å²) in [5, 5.41) is 11.8. The molecule has 1 N–H and O–H groups in total. The van der Waals surface area contributed by atoms with E-state index in [2.05, 4.69) is 27.3 Å². The number of hydrogen-bond acceptors (Lipinski definition) is 2. The lowest BCUT2D eigenvalue weighted by atomic mass is 9.94. The molecule has 1 atom stereocenters. The molecule has 1 rings (SSSR count). The highest BCUT2D eigenvalue weighted by Crippen LogP contribution is 2.19. The molecule has 0 fully saturated rings. The van der Waals surface area contributed by atoms with Gasteiger partial charge in [0.15, 0.2) is 0 Å². The van der Waals surface area contributed by atoms with Crippen LogP contribution in [0.3, 0.4) is 0 Å². The molecule has 1 aromatic rings. The van der Waals surface area contributed by atoms with Crippen LogP contribution in [-0.4, -0.2) is 5.91 Å². The second-order valence-electron chi connectivity index (χ2n) is 4.84. The molecule has 0 bridgehead atoms. The zero-order valence-corrected chi connectivity index (χ0v) is 11.7. The highest BCUT2D eigenvalue weighted by atomic mass is 79.9. The van der Waals surface area contributed by atoms with Crippen molar-refractivity contribution in [2.24, 2.45) is 5.41 Å². The maximum atomic E-state index is 11.8. The standard InChI is InChI=1S/C13H15BrN2O/c1-13(2,3)12(17)16-11(8-15)9-4-6-10(14)7-5-9/h4-7,11H,1-3H3,(H,16,17). The third-order valence-corrected chi connectivity index (χ3v) is 2.82. The Kier molecular flexibility index (Phi) is 4.30. The Labute approximate surface area is 110 Å². The van der Waals surface area contributed by atoms with Crippen LogP contribution in [0.4, 0.5) is 0 Å². The van der Waals surface area contributed by atoms with E-state index in [0.717, 1.165) is 10.0 Å². The molecule has 1 amide bonds. The van der Waals surface area contributed by atoms with Gasteiger partial charge >= 0.3 is 0 Å². The molecule has 0 aliphatic heterocycles. The number of carbonyl (C=O) groups excluding carboxylic acids is 1. The van der Waals surface area contributed by atoms with Crippen LogP contribution in [0.25, 0.3) is 0 Å². The van der Waals surface area contributed by atoms with Crippen LogP contribution in [0.5, 0.6) is 0 Å². The van der Waals surface area contributed by atoms with E-state index in [1.807, 2.05) is 45.0 Å². The highest BCUT2D eigenvalue weighted by molar-refractivity contribution is 9.10. The predicted molar refractivity (Wildman–Crippen MR) is 70.1 cm³/mol. The van der Waals surface area contributed by atoms with Gasteiger partial charge in [0.2, 0.25) is 5.91 Å². The summed E-state index contributed by atoms with van der Waals surface area (Å²) in [6.45, 7) is 5.45. The first kappa shape index (κ1) is 13.7. The molecule has 17 heavy (non-hydrogen) atoms. The summed E-state index contributed by atoms with van der Waals surface area (Å²) in [6, 6.07) is 8.83. The van der Waals surface area contributed by atoms with E-state index in [0.29, 0.717) is 0 Å². The smallest absolute Gasteiger partial charge is 0.226 e. The predicted octanol–water partition coefficient (Wildman–Crippen LogP) is 3.18. The van der Waals surface area contributed by atoms with E-state index in [1.165, 1.54) is 0 Å². The maximum absolute atomic E-state index is 11.8. The summed E-state index contributed by atoms with van der Waals surface area (Å²) in [7, 11) is 0. The van der Waals surface area contributed by atoms with Gasteiger partial charge in [0, 0.05) is 9.89 Å². The fourth-order valence-corrected chi connectivity index (χ4v) is 1.46. The first-order chi connectivity index (χ1) is 7.84. The van der Waals surface area contributed by atoms with E-state index < -0.39 is 11.5 Å². The van der Waals surface area contributed by atoms with Gasteiger partial charge in [-0.2, -0.15) is 5.26 Å². The topological polar surface area (TPSA) is 52.9 Å². The Balaban J connectivity index is 2.84. The average molecular weight is 295 g/mol. The molecule has 0 aromatic heterocycles. The van der Waals surface area contributed by atoms with E-state index in [1.54, 1.807) is 0 Å². The van der Waals surface area contributed by atoms with Crippen molar-refractivity contribution in [3.8, 4) is 6.07 Å². The average Bonchev–Trinajstić information content (AvgIpc) is 2.25. The molecule has 90 valence electrons. The first-order valence-corrected chi connectivity index (χ1v) is 6.10. The highest BCUT2D eigenvalue weighted by Gasteiger charge is 2.24. The van der Waals surface area contributed by atoms with Gasteiger partial charge in [-0.1, -0.05) is 48.8 Å². The number of nitriles is 1. The molecule has 1 aromatic carbocycles. The molecule has 4 heteroatoms. The molecule has 1 unspecified atom stereocenters. The van der Waals surface area contributed by atoms with Gasteiger partial charge in [-0.05, 0) is 17.7 Å². The van der Waals surface area contributed by atoms with Gasteiger partial charge in [0.25, 0.3) is 0 Å². The minimum absolute atomic E-state index is 0.132. The SMILES string of the molecule is CC(C)(C)C(=O)NC(C#N)c1ccc(Br)cc1. The third kappa shape index (κ3) is 3.86. The molecule has 0 spiro atoms. The molecule has 0 radical (unpaired) electrons. The number of amides is 1. The van der Waals surface area contributed by atoms with E-state index in [9.17, 15) is 4.79 Å². The van der Waals surface area contributed by atoms with Gasteiger partial charge in [-0.15, -0.1) is 0 Å². The Morgan fingerprint density at radius 2 is 1.88 bits per heavy atom. The van der Waals surface area contributed by atoms with Crippen molar-refractivity contribution in [2.75, 3.05) is 0 Å². The number of carbonyl (C=O) groups is 1. The Bertz CT molecular complexity index is 440. The largest absolute Gasteiger partial charge is 0.336 e. The van der Waals surface area contributed by atoms with Crippen molar-refractivity contribution in [1.82, 2.24) is 5.32 Å². The lowest BCUT2D eigenvalue weighted by Crippen LogP contribution is -2.36. The van der Waals surface area contributed by atoms with Crippen molar-refractivity contribution in [2.45, 2.75) is 26.8 Å². The van der Waals surface area contributed by atoms with Crippen molar-refractivity contribution >= 4 is 21.8 Å². The van der Waals surface area contributed by atoms with Crippen LogP contribution in [0.2, 0.25) is 0 Å². The van der Waals surface area contributed by atoms with Crippen molar-refractivity contribution in [3.05, 3.63) is 34.3 Å². The molecule has 0 aliphatic carbocycles. The van der Waals surface area contributed by atoms with Crippen LogP contribution in [0, 0.1) is 16.7 Å². The normalized spacial score (nSPS) is 12.6. The Morgan fingerprint density at radius 3 is 2.29 bits per heavy atom. The zero-order valence-electron chi connectivity index (χ0n) is 10.1.